The number of methoxy groups -OCH3 is 1. The largest absolute Gasteiger partial charge is 0.497 e. The van der Waals surface area contributed by atoms with Crippen molar-refractivity contribution in [2.75, 3.05) is 25.6 Å². The highest BCUT2D eigenvalue weighted by molar-refractivity contribution is 5.75. The third-order valence-electron chi connectivity index (χ3n) is 3.26. The number of benzene rings is 2. The molecule has 0 saturated heterocycles. The Morgan fingerprint density at radius 1 is 1.09 bits per heavy atom. The molecule has 2 rings (SSSR count). The normalized spacial score (nSPS) is 10.5. The average Bonchev–Trinajstić information content (AvgIpc) is 2.59. The molecular formula is C19H21NO3. The quantitative estimate of drug-likeness (QED) is 0.793. The van der Waals surface area contributed by atoms with Gasteiger partial charge < -0.3 is 14.8 Å². The SMILES string of the molecule is COc1ccc(/C=C/COC(=O)CNc2ccc(C)cc2)cc1. The molecule has 0 heterocycles. The van der Waals surface area contributed by atoms with Crippen molar-refractivity contribution in [1.29, 1.82) is 0 Å². The summed E-state index contributed by atoms with van der Waals surface area (Å²) in [5.74, 6) is 0.528. The van der Waals surface area contributed by atoms with Crippen molar-refractivity contribution in [2.24, 2.45) is 0 Å². The van der Waals surface area contributed by atoms with Gasteiger partial charge in [0.25, 0.3) is 0 Å². The molecule has 2 aromatic carbocycles. The Hall–Kier alpha value is -2.75. The van der Waals surface area contributed by atoms with Crippen LogP contribution in [0.25, 0.3) is 6.08 Å². The van der Waals surface area contributed by atoms with Crippen molar-refractivity contribution in [3.8, 4) is 5.75 Å². The number of aryl methyl sites for hydroxylation is 1. The van der Waals surface area contributed by atoms with Crippen molar-refractivity contribution in [1.82, 2.24) is 0 Å². The van der Waals surface area contributed by atoms with E-state index in [-0.39, 0.29) is 19.1 Å². The number of hydrogen-bond acceptors (Lipinski definition) is 4. The number of anilines is 1. The van der Waals surface area contributed by atoms with Crippen molar-refractivity contribution in [3.05, 3.63) is 65.7 Å². The number of esters is 1. The molecule has 0 aliphatic heterocycles. The van der Waals surface area contributed by atoms with Crippen LogP contribution in [-0.2, 0) is 9.53 Å². The number of hydrogen-bond donors (Lipinski definition) is 1. The molecule has 4 nitrogen and oxygen atoms in total. The smallest absolute Gasteiger partial charge is 0.325 e. The monoisotopic (exact) mass is 311 g/mol. The van der Waals surface area contributed by atoms with Gasteiger partial charge >= 0.3 is 5.97 Å². The zero-order valence-electron chi connectivity index (χ0n) is 13.4. The maximum absolute atomic E-state index is 11.6. The Kier molecular flexibility index (Phi) is 6.24. The van der Waals surface area contributed by atoms with E-state index in [0.29, 0.717) is 0 Å². The number of rotatable bonds is 7. The third-order valence-corrected chi connectivity index (χ3v) is 3.26. The van der Waals surface area contributed by atoms with Crippen LogP contribution < -0.4 is 10.1 Å². The number of nitrogens with one attached hydrogen (secondary N) is 1. The van der Waals surface area contributed by atoms with Crippen LogP contribution in [0.15, 0.2) is 54.6 Å². The molecule has 120 valence electrons. The van der Waals surface area contributed by atoms with Crippen LogP contribution in [-0.4, -0.2) is 26.2 Å². The van der Waals surface area contributed by atoms with Gasteiger partial charge in [0.2, 0.25) is 0 Å². The van der Waals surface area contributed by atoms with E-state index in [1.54, 1.807) is 7.11 Å². The molecule has 0 aliphatic carbocycles. The molecule has 0 radical (unpaired) electrons. The summed E-state index contributed by atoms with van der Waals surface area (Å²) >= 11 is 0. The Balaban J connectivity index is 1.69. The van der Waals surface area contributed by atoms with Gasteiger partial charge in [-0.3, -0.25) is 4.79 Å². The van der Waals surface area contributed by atoms with E-state index in [0.717, 1.165) is 17.0 Å². The highest BCUT2D eigenvalue weighted by Gasteiger charge is 2.01. The van der Waals surface area contributed by atoms with E-state index < -0.39 is 0 Å². The molecule has 0 saturated carbocycles. The second-order valence-corrected chi connectivity index (χ2v) is 5.08. The predicted molar refractivity (Wildman–Crippen MR) is 92.7 cm³/mol. The Bertz CT molecular complexity index is 645. The van der Waals surface area contributed by atoms with Gasteiger partial charge in [-0.25, -0.2) is 0 Å². The predicted octanol–water partition coefficient (Wildman–Crippen LogP) is 3.67. The molecule has 0 aliphatic rings. The van der Waals surface area contributed by atoms with Crippen LogP contribution in [0.1, 0.15) is 11.1 Å². The zero-order valence-corrected chi connectivity index (χ0v) is 13.4. The Morgan fingerprint density at radius 2 is 1.78 bits per heavy atom. The topological polar surface area (TPSA) is 47.6 Å². The average molecular weight is 311 g/mol. The minimum absolute atomic E-state index is 0.152. The van der Waals surface area contributed by atoms with Crippen molar-refractivity contribution in [3.63, 3.8) is 0 Å². The first kappa shape index (κ1) is 16.6. The van der Waals surface area contributed by atoms with E-state index in [4.69, 9.17) is 9.47 Å². The lowest BCUT2D eigenvalue weighted by Crippen LogP contribution is -2.16. The van der Waals surface area contributed by atoms with Gasteiger partial charge in [0.15, 0.2) is 0 Å². The Morgan fingerprint density at radius 3 is 2.43 bits per heavy atom. The fraction of sp³-hybridized carbons (Fsp3) is 0.211. The summed E-state index contributed by atoms with van der Waals surface area (Å²) in [5.41, 5.74) is 3.11. The molecule has 0 amide bonds. The van der Waals surface area contributed by atoms with Gasteiger partial charge in [-0.15, -0.1) is 0 Å². The summed E-state index contributed by atoms with van der Waals surface area (Å²) in [6.45, 7) is 2.42. The van der Waals surface area contributed by atoms with Crippen LogP contribution in [0.2, 0.25) is 0 Å². The number of carbonyl (C=O) groups is 1. The maximum Gasteiger partial charge on any atom is 0.325 e. The lowest BCUT2D eigenvalue weighted by atomic mass is 10.2. The van der Waals surface area contributed by atoms with Gasteiger partial charge in [-0.2, -0.15) is 0 Å². The van der Waals surface area contributed by atoms with Gasteiger partial charge in [0.05, 0.1) is 7.11 Å². The molecule has 0 atom stereocenters. The summed E-state index contributed by atoms with van der Waals surface area (Å²) in [6, 6.07) is 15.5. The molecule has 0 fully saturated rings. The standard InChI is InChI=1S/C19H21NO3/c1-15-5-9-17(10-6-15)20-14-19(21)23-13-3-4-16-7-11-18(22-2)12-8-16/h3-12,20H,13-14H2,1-2H3/b4-3+. The third kappa shape index (κ3) is 5.87. The molecule has 0 aromatic heterocycles. The van der Waals surface area contributed by atoms with E-state index >= 15 is 0 Å². The van der Waals surface area contributed by atoms with Crippen LogP contribution in [0.5, 0.6) is 5.75 Å². The first-order valence-corrected chi connectivity index (χ1v) is 7.44. The van der Waals surface area contributed by atoms with E-state index in [1.807, 2.05) is 67.6 Å². The van der Waals surface area contributed by atoms with Gasteiger partial charge in [0.1, 0.15) is 18.9 Å². The van der Waals surface area contributed by atoms with E-state index in [9.17, 15) is 4.79 Å². The fourth-order valence-corrected chi connectivity index (χ4v) is 1.94. The molecule has 2 aromatic rings. The molecule has 0 spiro atoms. The van der Waals surface area contributed by atoms with Gasteiger partial charge in [0, 0.05) is 5.69 Å². The highest BCUT2D eigenvalue weighted by atomic mass is 16.5. The zero-order chi connectivity index (χ0) is 16.5. The summed E-state index contributed by atoms with van der Waals surface area (Å²) in [7, 11) is 1.63. The first-order valence-electron chi connectivity index (χ1n) is 7.44. The van der Waals surface area contributed by atoms with Crippen LogP contribution in [0.4, 0.5) is 5.69 Å². The molecule has 0 bridgehead atoms. The lowest BCUT2D eigenvalue weighted by Gasteiger charge is -2.06. The summed E-state index contributed by atoms with van der Waals surface area (Å²) in [6.07, 6.45) is 3.71. The molecule has 0 unspecified atom stereocenters. The lowest BCUT2D eigenvalue weighted by molar-refractivity contribution is -0.140. The number of carbonyl (C=O) groups excluding carboxylic acids is 1. The van der Waals surface area contributed by atoms with E-state index in [1.165, 1.54) is 5.56 Å². The summed E-state index contributed by atoms with van der Waals surface area (Å²) in [5, 5.41) is 3.03. The second kappa shape index (κ2) is 8.63. The van der Waals surface area contributed by atoms with Crippen molar-refractivity contribution < 1.29 is 14.3 Å². The van der Waals surface area contributed by atoms with Crippen molar-refractivity contribution >= 4 is 17.7 Å². The number of ether oxygens (including phenoxy) is 2. The van der Waals surface area contributed by atoms with Gasteiger partial charge in [-0.05, 0) is 42.8 Å². The van der Waals surface area contributed by atoms with Crippen molar-refractivity contribution in [2.45, 2.75) is 6.92 Å². The summed E-state index contributed by atoms with van der Waals surface area (Å²) < 4.78 is 10.2. The molecule has 1 N–H and O–H groups in total. The highest BCUT2D eigenvalue weighted by Crippen LogP contribution is 2.12. The van der Waals surface area contributed by atoms with Gasteiger partial charge in [-0.1, -0.05) is 35.9 Å². The molecular weight excluding hydrogens is 290 g/mol. The van der Waals surface area contributed by atoms with Crippen LogP contribution in [0.3, 0.4) is 0 Å². The Labute approximate surface area is 136 Å². The maximum atomic E-state index is 11.6. The second-order valence-electron chi connectivity index (χ2n) is 5.08. The molecule has 23 heavy (non-hydrogen) atoms. The molecule has 4 heteroatoms. The van der Waals surface area contributed by atoms with E-state index in [2.05, 4.69) is 5.32 Å². The minimum Gasteiger partial charge on any atom is -0.497 e. The first-order chi connectivity index (χ1) is 11.2. The minimum atomic E-state index is -0.287. The van der Waals surface area contributed by atoms with Crippen LogP contribution in [0, 0.1) is 6.92 Å². The fourth-order valence-electron chi connectivity index (χ4n) is 1.94. The van der Waals surface area contributed by atoms with Crippen LogP contribution >= 0.6 is 0 Å². The summed E-state index contributed by atoms with van der Waals surface area (Å²) in [4.78, 5) is 11.6.